The third-order valence-corrected chi connectivity index (χ3v) is 5.48. The van der Waals surface area contributed by atoms with E-state index >= 15 is 0 Å². The van der Waals surface area contributed by atoms with E-state index in [1.54, 1.807) is 12.1 Å². The van der Waals surface area contributed by atoms with Crippen molar-refractivity contribution in [3.05, 3.63) is 30.1 Å². The van der Waals surface area contributed by atoms with Crippen LogP contribution in [0.25, 0.3) is 0 Å². The number of carbonyl (C=O) groups is 1. The zero-order valence-corrected chi connectivity index (χ0v) is 14.8. The lowest BCUT2D eigenvalue weighted by Crippen LogP contribution is -2.55. The molecule has 0 spiro atoms. The number of benzene rings is 1. The maximum atomic E-state index is 13.0. The maximum absolute atomic E-state index is 13.0. The van der Waals surface area contributed by atoms with E-state index in [2.05, 4.69) is 15.1 Å². The van der Waals surface area contributed by atoms with Gasteiger partial charge in [-0.05, 0) is 56.9 Å². The summed E-state index contributed by atoms with van der Waals surface area (Å²) in [5.74, 6) is -0.139. The van der Waals surface area contributed by atoms with Crippen molar-refractivity contribution in [1.82, 2.24) is 10.2 Å². The van der Waals surface area contributed by atoms with E-state index in [0.29, 0.717) is 0 Å². The summed E-state index contributed by atoms with van der Waals surface area (Å²) in [5.41, 5.74) is 1.03. The summed E-state index contributed by atoms with van der Waals surface area (Å²) in [5, 5.41) is 12.7. The van der Waals surface area contributed by atoms with Gasteiger partial charge in [-0.15, -0.1) is 0 Å². The quantitative estimate of drug-likeness (QED) is 0.870. The second kappa shape index (κ2) is 8.15. The van der Waals surface area contributed by atoms with Crippen molar-refractivity contribution < 1.29 is 14.3 Å². The first kappa shape index (κ1) is 18.1. The van der Waals surface area contributed by atoms with Gasteiger partial charge in [0.1, 0.15) is 5.82 Å². The molecule has 0 aromatic heterocycles. The van der Waals surface area contributed by atoms with E-state index in [1.807, 2.05) is 6.92 Å². The summed E-state index contributed by atoms with van der Waals surface area (Å²) in [6.07, 6.45) is 3.06. The van der Waals surface area contributed by atoms with Crippen LogP contribution in [0.3, 0.4) is 0 Å². The van der Waals surface area contributed by atoms with E-state index in [9.17, 15) is 14.3 Å². The van der Waals surface area contributed by atoms with E-state index in [4.69, 9.17) is 0 Å². The average molecular weight is 349 g/mol. The van der Waals surface area contributed by atoms with E-state index in [-0.39, 0.29) is 29.9 Å². The summed E-state index contributed by atoms with van der Waals surface area (Å²) in [6, 6.07) is 6.62. The molecule has 1 atom stereocenters. The van der Waals surface area contributed by atoms with Crippen molar-refractivity contribution in [2.75, 3.05) is 31.1 Å². The van der Waals surface area contributed by atoms with Crippen molar-refractivity contribution in [3.63, 3.8) is 0 Å². The molecule has 1 amide bonds. The van der Waals surface area contributed by atoms with Crippen molar-refractivity contribution in [3.8, 4) is 0 Å². The lowest BCUT2D eigenvalue weighted by molar-refractivity contribution is -0.127. The fourth-order valence-electron chi connectivity index (χ4n) is 3.73. The molecule has 1 saturated carbocycles. The molecule has 1 aromatic rings. The van der Waals surface area contributed by atoms with Crippen LogP contribution >= 0.6 is 0 Å². The van der Waals surface area contributed by atoms with Crippen LogP contribution in [0.15, 0.2) is 24.3 Å². The molecule has 5 nitrogen and oxygen atoms in total. The number of carbonyl (C=O) groups excluding carboxylic acids is 1. The summed E-state index contributed by atoms with van der Waals surface area (Å²) in [7, 11) is 0. The Balaban J connectivity index is 1.46. The molecule has 1 aromatic carbocycles. The average Bonchev–Trinajstić information content (AvgIpc) is 2.64. The topological polar surface area (TPSA) is 55.8 Å². The number of nitrogens with one attached hydrogen (secondary N) is 1. The van der Waals surface area contributed by atoms with E-state index < -0.39 is 0 Å². The first-order valence-electron chi connectivity index (χ1n) is 9.26. The molecule has 3 rings (SSSR count). The lowest BCUT2D eigenvalue weighted by atomic mass is 9.93. The molecule has 1 aliphatic carbocycles. The monoisotopic (exact) mass is 349 g/mol. The Morgan fingerprint density at radius 2 is 1.72 bits per heavy atom. The highest BCUT2D eigenvalue weighted by Crippen LogP contribution is 2.20. The molecular formula is C19H28FN3O2. The molecule has 1 unspecified atom stereocenters. The van der Waals surface area contributed by atoms with Crippen LogP contribution in [0.1, 0.15) is 32.6 Å². The number of halogens is 1. The van der Waals surface area contributed by atoms with Crippen LogP contribution in [-0.2, 0) is 4.79 Å². The number of anilines is 1. The predicted molar refractivity (Wildman–Crippen MR) is 96.1 cm³/mol. The largest absolute Gasteiger partial charge is 0.393 e. The molecule has 25 heavy (non-hydrogen) atoms. The minimum Gasteiger partial charge on any atom is -0.393 e. The minimum atomic E-state index is -0.220. The van der Waals surface area contributed by atoms with E-state index in [1.165, 1.54) is 12.1 Å². The zero-order valence-electron chi connectivity index (χ0n) is 14.8. The van der Waals surface area contributed by atoms with Gasteiger partial charge in [-0.25, -0.2) is 4.39 Å². The van der Waals surface area contributed by atoms with Crippen LogP contribution in [0.2, 0.25) is 0 Å². The summed E-state index contributed by atoms with van der Waals surface area (Å²) < 4.78 is 13.0. The highest BCUT2D eigenvalue weighted by molar-refractivity contribution is 5.81. The SMILES string of the molecule is CC(C(=O)NC1CCC(O)CC1)N1CCN(c2ccc(F)cc2)CC1. The first-order valence-corrected chi connectivity index (χ1v) is 9.26. The van der Waals surface area contributed by atoms with Gasteiger partial charge >= 0.3 is 0 Å². The van der Waals surface area contributed by atoms with Crippen LogP contribution in [-0.4, -0.2) is 60.3 Å². The van der Waals surface area contributed by atoms with Gasteiger partial charge in [0, 0.05) is 37.9 Å². The molecule has 2 fully saturated rings. The molecule has 1 heterocycles. The minimum absolute atomic E-state index is 0.0802. The van der Waals surface area contributed by atoms with Crippen molar-refractivity contribution in [2.45, 2.75) is 50.8 Å². The van der Waals surface area contributed by atoms with Gasteiger partial charge in [-0.2, -0.15) is 0 Å². The van der Waals surface area contributed by atoms with Gasteiger partial charge in [-0.3, -0.25) is 9.69 Å². The third-order valence-electron chi connectivity index (χ3n) is 5.48. The Morgan fingerprint density at radius 3 is 2.32 bits per heavy atom. The van der Waals surface area contributed by atoms with Crippen molar-refractivity contribution in [2.24, 2.45) is 0 Å². The van der Waals surface area contributed by atoms with E-state index in [0.717, 1.165) is 57.5 Å². The Hall–Kier alpha value is -1.66. The molecule has 1 aliphatic heterocycles. The highest BCUT2D eigenvalue weighted by Gasteiger charge is 2.28. The second-order valence-electron chi connectivity index (χ2n) is 7.19. The van der Waals surface area contributed by atoms with Gasteiger partial charge < -0.3 is 15.3 Å². The highest BCUT2D eigenvalue weighted by atomic mass is 19.1. The number of piperazine rings is 1. The normalized spacial score (nSPS) is 26.3. The fraction of sp³-hybridized carbons (Fsp3) is 0.632. The number of nitrogens with zero attached hydrogens (tertiary/aromatic N) is 2. The lowest BCUT2D eigenvalue weighted by Gasteiger charge is -2.39. The number of amides is 1. The number of aliphatic hydroxyl groups excluding tert-OH is 1. The van der Waals surface area contributed by atoms with Gasteiger partial charge in [0.2, 0.25) is 5.91 Å². The number of hydrogen-bond donors (Lipinski definition) is 2. The number of aliphatic hydroxyl groups is 1. The van der Waals surface area contributed by atoms with Gasteiger partial charge in [-0.1, -0.05) is 0 Å². The first-order chi connectivity index (χ1) is 12.0. The van der Waals surface area contributed by atoms with Crippen LogP contribution in [0, 0.1) is 5.82 Å². The molecular weight excluding hydrogens is 321 g/mol. The molecule has 0 bridgehead atoms. The van der Waals surface area contributed by atoms with Crippen LogP contribution in [0.4, 0.5) is 10.1 Å². The smallest absolute Gasteiger partial charge is 0.237 e. The van der Waals surface area contributed by atoms with Crippen LogP contribution in [0.5, 0.6) is 0 Å². The van der Waals surface area contributed by atoms with Crippen molar-refractivity contribution in [1.29, 1.82) is 0 Å². The van der Waals surface area contributed by atoms with Gasteiger partial charge in [0.05, 0.1) is 12.1 Å². The van der Waals surface area contributed by atoms with Crippen molar-refractivity contribution >= 4 is 11.6 Å². The summed E-state index contributed by atoms with van der Waals surface area (Å²) in [6.45, 7) is 5.25. The van der Waals surface area contributed by atoms with Crippen LogP contribution < -0.4 is 10.2 Å². The van der Waals surface area contributed by atoms with Gasteiger partial charge in [0.15, 0.2) is 0 Å². The summed E-state index contributed by atoms with van der Waals surface area (Å²) in [4.78, 5) is 16.9. The molecule has 1 saturated heterocycles. The number of rotatable bonds is 4. The predicted octanol–water partition coefficient (Wildman–Crippen LogP) is 1.76. The maximum Gasteiger partial charge on any atom is 0.237 e. The molecule has 6 heteroatoms. The number of hydrogen-bond acceptors (Lipinski definition) is 4. The Bertz CT molecular complexity index is 565. The molecule has 2 N–H and O–H groups in total. The second-order valence-corrected chi connectivity index (χ2v) is 7.19. The Morgan fingerprint density at radius 1 is 1.12 bits per heavy atom. The van der Waals surface area contributed by atoms with Gasteiger partial charge in [0.25, 0.3) is 0 Å². The summed E-state index contributed by atoms with van der Waals surface area (Å²) >= 11 is 0. The zero-order chi connectivity index (χ0) is 17.8. The Kier molecular flexibility index (Phi) is 5.91. The third kappa shape index (κ3) is 4.70. The Labute approximate surface area is 148 Å². The standard InChI is InChI=1S/C19H28FN3O2/c1-14(19(25)21-16-4-8-18(24)9-5-16)22-10-12-23(13-11-22)17-6-2-15(20)3-7-17/h2-3,6-7,14,16,18,24H,4-5,8-13H2,1H3,(H,21,25). The molecule has 2 aliphatic rings. The molecule has 0 radical (unpaired) electrons. The fourth-order valence-corrected chi connectivity index (χ4v) is 3.73. The molecule has 138 valence electrons.